The molecule has 130 valence electrons. The SMILES string of the molecule is Cl.O=C(CNCC1CC1)NCc1ccccc1OCC(F)(F)F. The first-order chi connectivity index (χ1) is 10.4. The molecule has 1 aliphatic carbocycles. The fourth-order valence-electron chi connectivity index (χ4n) is 1.92. The lowest BCUT2D eigenvalue weighted by atomic mass is 10.2. The van der Waals surface area contributed by atoms with Crippen molar-refractivity contribution in [3.05, 3.63) is 29.8 Å². The number of alkyl halides is 3. The largest absolute Gasteiger partial charge is 0.484 e. The number of hydrogen-bond donors (Lipinski definition) is 2. The van der Waals surface area contributed by atoms with Crippen molar-refractivity contribution in [3.63, 3.8) is 0 Å². The summed E-state index contributed by atoms with van der Waals surface area (Å²) in [5.41, 5.74) is 0.516. The van der Waals surface area contributed by atoms with E-state index in [0.717, 1.165) is 6.54 Å². The molecule has 0 aliphatic heterocycles. The molecule has 0 aromatic heterocycles. The Bertz CT molecular complexity index is 508. The molecule has 2 rings (SSSR count). The van der Waals surface area contributed by atoms with Crippen molar-refractivity contribution in [3.8, 4) is 5.75 Å². The number of carbonyl (C=O) groups is 1. The second kappa shape index (κ2) is 8.98. The minimum Gasteiger partial charge on any atom is -0.484 e. The van der Waals surface area contributed by atoms with Crippen molar-refractivity contribution in [2.45, 2.75) is 25.6 Å². The molecular weight excluding hydrogens is 333 g/mol. The number of ether oxygens (including phenoxy) is 1. The number of nitrogens with one attached hydrogen (secondary N) is 2. The summed E-state index contributed by atoms with van der Waals surface area (Å²) in [7, 11) is 0. The van der Waals surface area contributed by atoms with Crippen LogP contribution in [0.1, 0.15) is 18.4 Å². The molecule has 4 nitrogen and oxygen atoms in total. The molecule has 0 bridgehead atoms. The van der Waals surface area contributed by atoms with Crippen LogP contribution < -0.4 is 15.4 Å². The average Bonchev–Trinajstić information content (AvgIpc) is 3.27. The molecule has 1 aromatic carbocycles. The summed E-state index contributed by atoms with van der Waals surface area (Å²) in [6.45, 7) is -0.167. The van der Waals surface area contributed by atoms with Crippen LogP contribution in [0.25, 0.3) is 0 Å². The summed E-state index contributed by atoms with van der Waals surface area (Å²) in [4.78, 5) is 11.7. The molecule has 1 aliphatic rings. The van der Waals surface area contributed by atoms with Crippen LogP contribution in [0.2, 0.25) is 0 Å². The lowest BCUT2D eigenvalue weighted by molar-refractivity contribution is -0.153. The van der Waals surface area contributed by atoms with Crippen LogP contribution in [0.3, 0.4) is 0 Å². The molecular formula is C15H20ClF3N2O2. The van der Waals surface area contributed by atoms with Gasteiger partial charge in [0.25, 0.3) is 0 Å². The van der Waals surface area contributed by atoms with Crippen LogP contribution in [-0.2, 0) is 11.3 Å². The first-order valence-electron chi connectivity index (χ1n) is 7.19. The highest BCUT2D eigenvalue weighted by Gasteiger charge is 2.28. The van der Waals surface area contributed by atoms with Crippen LogP contribution >= 0.6 is 12.4 Å². The molecule has 0 radical (unpaired) electrons. The second-order valence-electron chi connectivity index (χ2n) is 5.36. The zero-order valence-electron chi connectivity index (χ0n) is 12.5. The molecule has 1 fully saturated rings. The number of carbonyl (C=O) groups excluding carboxylic acids is 1. The minimum atomic E-state index is -4.39. The van der Waals surface area contributed by atoms with E-state index in [9.17, 15) is 18.0 Å². The zero-order chi connectivity index (χ0) is 16.0. The zero-order valence-corrected chi connectivity index (χ0v) is 13.3. The highest BCUT2D eigenvalue weighted by molar-refractivity contribution is 5.85. The van der Waals surface area contributed by atoms with E-state index in [0.29, 0.717) is 11.5 Å². The van der Waals surface area contributed by atoms with Crippen molar-refractivity contribution >= 4 is 18.3 Å². The van der Waals surface area contributed by atoms with E-state index in [-0.39, 0.29) is 37.2 Å². The number of benzene rings is 1. The monoisotopic (exact) mass is 352 g/mol. The molecule has 0 unspecified atom stereocenters. The normalized spacial score (nSPS) is 14.0. The fourth-order valence-corrected chi connectivity index (χ4v) is 1.92. The average molecular weight is 353 g/mol. The Hall–Kier alpha value is -1.47. The van der Waals surface area contributed by atoms with Gasteiger partial charge < -0.3 is 15.4 Å². The third kappa shape index (κ3) is 8.08. The first-order valence-corrected chi connectivity index (χ1v) is 7.19. The maximum Gasteiger partial charge on any atom is 0.422 e. The van der Waals surface area contributed by atoms with Gasteiger partial charge in [-0.15, -0.1) is 12.4 Å². The van der Waals surface area contributed by atoms with Crippen molar-refractivity contribution in [2.75, 3.05) is 19.7 Å². The van der Waals surface area contributed by atoms with E-state index in [2.05, 4.69) is 10.6 Å². The standard InChI is InChI=1S/C15H19F3N2O2.ClH/c16-15(17,18)10-22-13-4-2-1-3-12(13)8-20-14(21)9-19-7-11-5-6-11;/h1-4,11,19H,5-10H2,(H,20,21);1H. The van der Waals surface area contributed by atoms with Gasteiger partial charge in [-0.2, -0.15) is 13.2 Å². The van der Waals surface area contributed by atoms with Crippen molar-refractivity contribution in [2.24, 2.45) is 5.92 Å². The third-order valence-corrected chi connectivity index (χ3v) is 3.26. The number of amides is 1. The minimum absolute atomic E-state index is 0. The summed E-state index contributed by atoms with van der Waals surface area (Å²) in [5, 5.41) is 5.72. The van der Waals surface area contributed by atoms with Gasteiger partial charge in [-0.05, 0) is 31.4 Å². The predicted octanol–water partition coefficient (Wildman–Crippen LogP) is 2.67. The molecule has 0 heterocycles. The summed E-state index contributed by atoms with van der Waals surface area (Å²) >= 11 is 0. The molecule has 1 aromatic rings. The maximum atomic E-state index is 12.2. The van der Waals surface area contributed by atoms with E-state index < -0.39 is 12.8 Å². The fraction of sp³-hybridized carbons (Fsp3) is 0.533. The maximum absolute atomic E-state index is 12.2. The van der Waals surface area contributed by atoms with E-state index >= 15 is 0 Å². The Morgan fingerprint density at radius 1 is 1.26 bits per heavy atom. The first kappa shape index (κ1) is 19.6. The topological polar surface area (TPSA) is 50.4 Å². The number of hydrogen-bond acceptors (Lipinski definition) is 3. The predicted molar refractivity (Wildman–Crippen MR) is 82.7 cm³/mol. The van der Waals surface area contributed by atoms with Crippen molar-refractivity contribution in [1.82, 2.24) is 10.6 Å². The van der Waals surface area contributed by atoms with Crippen LogP contribution in [-0.4, -0.2) is 31.8 Å². The highest BCUT2D eigenvalue weighted by atomic mass is 35.5. The lowest BCUT2D eigenvalue weighted by Crippen LogP contribution is -2.34. The van der Waals surface area contributed by atoms with Gasteiger partial charge >= 0.3 is 6.18 Å². The summed E-state index contributed by atoms with van der Waals surface area (Å²) in [6.07, 6.45) is -1.97. The Labute approximate surface area is 139 Å². The second-order valence-corrected chi connectivity index (χ2v) is 5.36. The molecule has 0 saturated heterocycles. The summed E-state index contributed by atoms with van der Waals surface area (Å²) in [6, 6.07) is 6.36. The number of para-hydroxylation sites is 1. The van der Waals surface area contributed by atoms with E-state index in [4.69, 9.17) is 4.74 Å². The van der Waals surface area contributed by atoms with Crippen LogP contribution in [0.4, 0.5) is 13.2 Å². The van der Waals surface area contributed by atoms with Gasteiger partial charge in [0.05, 0.1) is 6.54 Å². The lowest BCUT2D eigenvalue weighted by Gasteiger charge is -2.13. The van der Waals surface area contributed by atoms with E-state index in [1.165, 1.54) is 18.9 Å². The van der Waals surface area contributed by atoms with E-state index in [1.807, 2.05) is 0 Å². The van der Waals surface area contributed by atoms with Gasteiger partial charge in [-0.3, -0.25) is 4.79 Å². The van der Waals surface area contributed by atoms with Crippen molar-refractivity contribution in [1.29, 1.82) is 0 Å². The Morgan fingerprint density at radius 3 is 2.61 bits per heavy atom. The number of rotatable bonds is 8. The highest BCUT2D eigenvalue weighted by Crippen LogP contribution is 2.27. The van der Waals surface area contributed by atoms with Gasteiger partial charge in [-0.25, -0.2) is 0 Å². The van der Waals surface area contributed by atoms with Crippen LogP contribution in [0.15, 0.2) is 24.3 Å². The van der Waals surface area contributed by atoms with Crippen LogP contribution in [0, 0.1) is 5.92 Å². The summed E-state index contributed by atoms with van der Waals surface area (Å²) < 4.78 is 41.3. The molecule has 0 atom stereocenters. The molecule has 23 heavy (non-hydrogen) atoms. The molecule has 1 amide bonds. The molecule has 8 heteroatoms. The van der Waals surface area contributed by atoms with E-state index in [1.54, 1.807) is 18.2 Å². The van der Waals surface area contributed by atoms with Gasteiger partial charge in [0.15, 0.2) is 6.61 Å². The Kier molecular flexibility index (Phi) is 7.64. The molecule has 2 N–H and O–H groups in total. The Morgan fingerprint density at radius 2 is 1.96 bits per heavy atom. The van der Waals surface area contributed by atoms with Gasteiger partial charge in [0.1, 0.15) is 5.75 Å². The quantitative estimate of drug-likeness (QED) is 0.756. The van der Waals surface area contributed by atoms with Gasteiger partial charge in [-0.1, -0.05) is 18.2 Å². The summed E-state index contributed by atoms with van der Waals surface area (Å²) in [5.74, 6) is 0.627. The Balaban J connectivity index is 0.00000264. The van der Waals surface area contributed by atoms with Gasteiger partial charge in [0, 0.05) is 12.1 Å². The molecule has 0 spiro atoms. The van der Waals surface area contributed by atoms with Gasteiger partial charge in [0.2, 0.25) is 5.91 Å². The molecule has 1 saturated carbocycles. The number of halogens is 4. The smallest absolute Gasteiger partial charge is 0.422 e. The van der Waals surface area contributed by atoms with Crippen molar-refractivity contribution < 1.29 is 22.7 Å². The van der Waals surface area contributed by atoms with Crippen LogP contribution in [0.5, 0.6) is 5.75 Å². The third-order valence-electron chi connectivity index (χ3n) is 3.26.